The van der Waals surface area contributed by atoms with Gasteiger partial charge in [0.25, 0.3) is 0 Å². The quantitative estimate of drug-likeness (QED) is 0.858. The number of likely N-dealkylation sites (N-methyl/N-ethyl adjacent to an activating group) is 1. The third-order valence-electron chi connectivity index (χ3n) is 3.09. The highest BCUT2D eigenvalue weighted by Crippen LogP contribution is 2.06. The van der Waals surface area contributed by atoms with Crippen molar-refractivity contribution in [3.05, 3.63) is 29.8 Å². The number of carbonyl (C=O) groups is 1. The maximum Gasteiger partial charge on any atom is 0.246 e. The lowest BCUT2D eigenvalue weighted by Gasteiger charge is -2.08. The Morgan fingerprint density at radius 2 is 2.14 bits per heavy atom. The highest BCUT2D eigenvalue weighted by atomic mass is 16.2. The maximum atomic E-state index is 12.0. The van der Waals surface area contributed by atoms with Crippen LogP contribution in [0.1, 0.15) is 11.4 Å². The van der Waals surface area contributed by atoms with E-state index < -0.39 is 0 Å². The van der Waals surface area contributed by atoms with E-state index in [1.54, 1.807) is 10.9 Å². The van der Waals surface area contributed by atoms with Gasteiger partial charge in [0.15, 0.2) is 0 Å². The summed E-state index contributed by atoms with van der Waals surface area (Å²) in [4.78, 5) is 14.1. The van der Waals surface area contributed by atoms with Crippen LogP contribution in [-0.4, -0.2) is 51.0 Å². The predicted octanol–water partition coefficient (Wildman–Crippen LogP) is 0.897. The van der Waals surface area contributed by atoms with Crippen molar-refractivity contribution in [3.63, 3.8) is 0 Å². The number of carbonyl (C=O) groups excluding carboxylic acids is 1. The van der Waals surface area contributed by atoms with Crippen molar-refractivity contribution >= 4 is 11.6 Å². The lowest BCUT2D eigenvalue weighted by Crippen LogP contribution is -2.20. The minimum Gasteiger partial charge on any atom is -0.322 e. The fourth-order valence-corrected chi connectivity index (χ4v) is 2.02. The van der Waals surface area contributed by atoms with E-state index in [0.29, 0.717) is 5.69 Å². The molecule has 0 fully saturated rings. The van der Waals surface area contributed by atoms with E-state index in [1.165, 1.54) is 0 Å². The van der Waals surface area contributed by atoms with Crippen molar-refractivity contribution < 1.29 is 4.79 Å². The van der Waals surface area contributed by atoms with Gasteiger partial charge in [-0.25, -0.2) is 0 Å². The van der Waals surface area contributed by atoms with Crippen LogP contribution in [0.25, 0.3) is 0 Å². The lowest BCUT2D eigenvalue weighted by molar-refractivity contribution is -0.116. The smallest absolute Gasteiger partial charge is 0.246 e. The second-order valence-electron chi connectivity index (χ2n) is 5.43. The molecule has 0 unspecified atom stereocenters. The second-order valence-corrected chi connectivity index (χ2v) is 5.43. The van der Waals surface area contributed by atoms with E-state index in [4.69, 9.17) is 0 Å². The monoisotopic (exact) mass is 290 g/mol. The van der Waals surface area contributed by atoms with Crippen molar-refractivity contribution in [3.8, 4) is 0 Å². The molecular formula is C14H22N6O. The SMILES string of the molecule is Cc1cc(C)n(CC(=O)Nc2cnn(CCN(C)C)c2)n1. The zero-order valence-corrected chi connectivity index (χ0v) is 13.0. The minimum absolute atomic E-state index is 0.103. The molecule has 1 amide bonds. The van der Waals surface area contributed by atoms with E-state index >= 15 is 0 Å². The molecule has 0 aliphatic carbocycles. The van der Waals surface area contributed by atoms with Gasteiger partial charge in [0, 0.05) is 18.4 Å². The Hall–Kier alpha value is -2.15. The highest BCUT2D eigenvalue weighted by molar-refractivity contribution is 5.90. The summed E-state index contributed by atoms with van der Waals surface area (Å²) < 4.78 is 3.51. The molecule has 0 aromatic carbocycles. The van der Waals surface area contributed by atoms with Gasteiger partial charge in [0.2, 0.25) is 5.91 Å². The number of hydrogen-bond donors (Lipinski definition) is 1. The van der Waals surface area contributed by atoms with E-state index in [2.05, 4.69) is 20.4 Å². The summed E-state index contributed by atoms with van der Waals surface area (Å²) in [6.07, 6.45) is 3.50. The van der Waals surface area contributed by atoms with Crippen molar-refractivity contribution in [2.24, 2.45) is 0 Å². The molecule has 114 valence electrons. The van der Waals surface area contributed by atoms with Gasteiger partial charge in [-0.15, -0.1) is 0 Å². The van der Waals surface area contributed by atoms with Crippen molar-refractivity contribution in [2.75, 3.05) is 26.0 Å². The molecule has 0 bridgehead atoms. The third kappa shape index (κ3) is 4.42. The van der Waals surface area contributed by atoms with E-state index in [1.807, 2.05) is 44.9 Å². The fourth-order valence-electron chi connectivity index (χ4n) is 2.02. The van der Waals surface area contributed by atoms with Gasteiger partial charge in [-0.1, -0.05) is 0 Å². The van der Waals surface area contributed by atoms with Crippen LogP contribution < -0.4 is 5.32 Å². The van der Waals surface area contributed by atoms with Crippen molar-refractivity contribution in [2.45, 2.75) is 26.9 Å². The number of hydrogen-bond acceptors (Lipinski definition) is 4. The summed E-state index contributed by atoms with van der Waals surface area (Å²) in [7, 11) is 4.03. The summed E-state index contributed by atoms with van der Waals surface area (Å²) in [5.41, 5.74) is 2.60. The Balaban J connectivity index is 1.89. The normalized spacial score (nSPS) is 11.1. The van der Waals surface area contributed by atoms with E-state index in [0.717, 1.165) is 24.5 Å². The first-order chi connectivity index (χ1) is 9.94. The Labute approximate surface area is 124 Å². The van der Waals surface area contributed by atoms with Crippen LogP contribution in [0, 0.1) is 13.8 Å². The van der Waals surface area contributed by atoms with Crippen LogP contribution in [-0.2, 0) is 17.9 Å². The maximum absolute atomic E-state index is 12.0. The molecule has 7 heteroatoms. The Morgan fingerprint density at radius 3 is 2.76 bits per heavy atom. The Morgan fingerprint density at radius 1 is 1.38 bits per heavy atom. The molecular weight excluding hydrogens is 268 g/mol. The molecule has 2 rings (SSSR count). The van der Waals surface area contributed by atoms with Gasteiger partial charge in [0.1, 0.15) is 6.54 Å². The topological polar surface area (TPSA) is 68.0 Å². The number of nitrogens with one attached hydrogen (secondary N) is 1. The number of rotatable bonds is 6. The second kappa shape index (κ2) is 6.53. The van der Waals surface area contributed by atoms with E-state index in [-0.39, 0.29) is 12.5 Å². The van der Waals surface area contributed by atoms with Crippen LogP contribution >= 0.6 is 0 Å². The first kappa shape index (κ1) is 15.2. The molecule has 0 spiro atoms. The standard InChI is InChI=1S/C14H22N6O/c1-11-7-12(2)20(17-11)10-14(21)16-13-8-15-19(9-13)6-5-18(3)4/h7-9H,5-6,10H2,1-4H3,(H,16,21). The zero-order valence-electron chi connectivity index (χ0n) is 13.0. The molecule has 0 atom stereocenters. The molecule has 0 aliphatic rings. The molecule has 0 radical (unpaired) electrons. The zero-order chi connectivity index (χ0) is 15.4. The van der Waals surface area contributed by atoms with Gasteiger partial charge < -0.3 is 10.2 Å². The summed E-state index contributed by atoms with van der Waals surface area (Å²) >= 11 is 0. The number of aromatic nitrogens is 4. The molecule has 2 heterocycles. The van der Waals surface area contributed by atoms with Gasteiger partial charge in [0.05, 0.1) is 24.1 Å². The van der Waals surface area contributed by atoms with Gasteiger partial charge in [-0.05, 0) is 34.0 Å². The molecule has 0 saturated carbocycles. The number of anilines is 1. The lowest BCUT2D eigenvalue weighted by atomic mass is 10.4. The first-order valence-corrected chi connectivity index (χ1v) is 6.92. The molecule has 0 saturated heterocycles. The predicted molar refractivity (Wildman–Crippen MR) is 81.1 cm³/mol. The Kier molecular flexibility index (Phi) is 4.74. The fraction of sp³-hybridized carbons (Fsp3) is 0.500. The number of nitrogens with zero attached hydrogens (tertiary/aromatic N) is 5. The first-order valence-electron chi connectivity index (χ1n) is 6.92. The largest absolute Gasteiger partial charge is 0.322 e. The van der Waals surface area contributed by atoms with Crippen LogP contribution in [0.15, 0.2) is 18.5 Å². The molecule has 7 nitrogen and oxygen atoms in total. The van der Waals surface area contributed by atoms with Gasteiger partial charge in [-0.3, -0.25) is 14.2 Å². The van der Waals surface area contributed by atoms with Crippen molar-refractivity contribution in [1.82, 2.24) is 24.5 Å². The van der Waals surface area contributed by atoms with E-state index in [9.17, 15) is 4.79 Å². The summed E-state index contributed by atoms with van der Waals surface area (Å²) in [5, 5.41) is 11.3. The molecule has 1 N–H and O–H groups in total. The van der Waals surface area contributed by atoms with Crippen LogP contribution in [0.3, 0.4) is 0 Å². The Bertz CT molecular complexity index is 613. The van der Waals surface area contributed by atoms with Crippen LogP contribution in [0.4, 0.5) is 5.69 Å². The van der Waals surface area contributed by atoms with Crippen LogP contribution in [0.5, 0.6) is 0 Å². The molecule has 0 aliphatic heterocycles. The average molecular weight is 290 g/mol. The average Bonchev–Trinajstić information content (AvgIpc) is 2.94. The van der Waals surface area contributed by atoms with Gasteiger partial charge in [-0.2, -0.15) is 10.2 Å². The molecule has 2 aromatic rings. The highest BCUT2D eigenvalue weighted by Gasteiger charge is 2.08. The molecule has 21 heavy (non-hydrogen) atoms. The summed E-state index contributed by atoms with van der Waals surface area (Å²) in [5.74, 6) is -0.103. The molecule has 2 aromatic heterocycles. The number of aryl methyl sites for hydroxylation is 2. The van der Waals surface area contributed by atoms with Crippen LogP contribution in [0.2, 0.25) is 0 Å². The minimum atomic E-state index is -0.103. The van der Waals surface area contributed by atoms with Gasteiger partial charge >= 0.3 is 0 Å². The number of amides is 1. The summed E-state index contributed by atoms with van der Waals surface area (Å²) in [6, 6.07) is 1.95. The van der Waals surface area contributed by atoms with Crippen molar-refractivity contribution in [1.29, 1.82) is 0 Å². The third-order valence-corrected chi connectivity index (χ3v) is 3.09. The summed E-state index contributed by atoms with van der Waals surface area (Å²) in [6.45, 7) is 5.76.